The molecule has 30 heavy (non-hydrogen) atoms. The van der Waals surface area contributed by atoms with Gasteiger partial charge in [0, 0.05) is 12.6 Å². The third-order valence-electron chi connectivity index (χ3n) is 4.27. The molecule has 158 valence electrons. The van der Waals surface area contributed by atoms with E-state index in [1.807, 2.05) is 6.92 Å². The van der Waals surface area contributed by atoms with Crippen LogP contribution >= 0.6 is 0 Å². The van der Waals surface area contributed by atoms with Gasteiger partial charge in [0.15, 0.2) is 6.10 Å². The maximum atomic E-state index is 13.8. The summed E-state index contributed by atoms with van der Waals surface area (Å²) >= 11 is 0. The minimum atomic E-state index is -3.41. The third kappa shape index (κ3) is 4.40. The average Bonchev–Trinajstić information content (AvgIpc) is 3.14. The van der Waals surface area contributed by atoms with E-state index in [1.54, 1.807) is 36.6 Å². The van der Waals surface area contributed by atoms with E-state index in [-0.39, 0.29) is 11.4 Å². The van der Waals surface area contributed by atoms with Gasteiger partial charge in [-0.05, 0) is 13.0 Å². The molecule has 0 spiro atoms. The summed E-state index contributed by atoms with van der Waals surface area (Å²) in [5.41, 5.74) is 0.558. The molecule has 0 aliphatic heterocycles. The minimum Gasteiger partial charge on any atom is -0.382 e. The first-order valence-electron chi connectivity index (χ1n) is 8.79. The summed E-state index contributed by atoms with van der Waals surface area (Å²) in [6.45, 7) is 1.88. The van der Waals surface area contributed by atoms with Crippen molar-refractivity contribution < 1.29 is 23.1 Å². The van der Waals surface area contributed by atoms with Crippen LogP contribution in [0.5, 0.6) is 0 Å². The van der Waals surface area contributed by atoms with E-state index in [4.69, 9.17) is 5.11 Å². The number of hydrogen-bond acceptors (Lipinski definition) is 5. The van der Waals surface area contributed by atoms with Crippen molar-refractivity contribution in [1.29, 1.82) is 0 Å². The largest absolute Gasteiger partial charge is 0.382 e. The van der Waals surface area contributed by atoms with Gasteiger partial charge in [-0.15, -0.1) is 0 Å². The maximum absolute atomic E-state index is 13.8. The fourth-order valence-electron chi connectivity index (χ4n) is 2.63. The summed E-state index contributed by atoms with van der Waals surface area (Å²) in [5, 5.41) is 18.9. The van der Waals surface area contributed by atoms with Crippen LogP contribution in [0.1, 0.15) is 15.9 Å². The van der Waals surface area contributed by atoms with Crippen molar-refractivity contribution in [2.45, 2.75) is 25.7 Å². The van der Waals surface area contributed by atoms with Gasteiger partial charge in [-0.3, -0.25) is 14.3 Å². The number of nitrogens with zero attached hydrogens (tertiary/aromatic N) is 4. The van der Waals surface area contributed by atoms with Crippen molar-refractivity contribution in [2.75, 3.05) is 0 Å². The Labute approximate surface area is 168 Å². The average molecular weight is 421 g/mol. The lowest BCUT2D eigenvalue weighted by Gasteiger charge is -2.16. The summed E-state index contributed by atoms with van der Waals surface area (Å²) in [4.78, 5) is 25.3. The second-order valence-corrected chi connectivity index (χ2v) is 6.60. The van der Waals surface area contributed by atoms with Crippen molar-refractivity contribution in [3.05, 3.63) is 64.2 Å². The fourth-order valence-corrected chi connectivity index (χ4v) is 2.63. The number of rotatable bonds is 6. The molecule has 0 aliphatic rings. The second kappa shape index (κ2) is 8.49. The number of aliphatic hydroxyl groups is 1. The summed E-state index contributed by atoms with van der Waals surface area (Å²) in [5.74, 6) is -1.26. The molecular weight excluding hydrogens is 403 g/mol. The summed E-state index contributed by atoms with van der Waals surface area (Å²) in [6.07, 6.45) is -6.08. The van der Waals surface area contributed by atoms with E-state index in [9.17, 15) is 22.8 Å². The number of nitrogens with one attached hydrogen (secondary N) is 1. The van der Waals surface area contributed by atoms with Crippen LogP contribution in [0.2, 0.25) is 0 Å². The van der Waals surface area contributed by atoms with Crippen molar-refractivity contribution in [2.24, 2.45) is 7.05 Å². The van der Waals surface area contributed by atoms with Gasteiger partial charge in [-0.1, -0.05) is 29.8 Å². The second-order valence-electron chi connectivity index (χ2n) is 6.60. The number of alkyl halides is 3. The van der Waals surface area contributed by atoms with Crippen LogP contribution in [0.4, 0.5) is 13.2 Å². The smallest absolute Gasteiger partial charge is 0.284 e. The summed E-state index contributed by atoms with van der Waals surface area (Å²) in [7, 11) is 1.62. The van der Waals surface area contributed by atoms with Gasteiger partial charge in [0.1, 0.15) is 11.3 Å². The molecule has 8 nitrogen and oxygen atoms in total. The lowest BCUT2D eigenvalue weighted by molar-refractivity contribution is -0.0551. The van der Waals surface area contributed by atoms with E-state index in [2.05, 4.69) is 10.2 Å². The van der Waals surface area contributed by atoms with Gasteiger partial charge < -0.3 is 10.4 Å². The first kappa shape index (κ1) is 21.2. The summed E-state index contributed by atoms with van der Waals surface area (Å²) in [6, 6.07) is 8.17. The molecule has 1 unspecified atom stereocenters. The highest BCUT2D eigenvalue weighted by Gasteiger charge is 2.30. The van der Waals surface area contributed by atoms with Crippen molar-refractivity contribution >= 4 is 5.91 Å². The first-order valence-corrected chi connectivity index (χ1v) is 8.79. The number of halogens is 3. The Morgan fingerprint density at radius 1 is 1.20 bits per heavy atom. The van der Waals surface area contributed by atoms with Gasteiger partial charge in [0.2, 0.25) is 6.30 Å². The summed E-state index contributed by atoms with van der Waals surface area (Å²) < 4.78 is 41.1. The Morgan fingerprint density at radius 3 is 2.43 bits per heavy atom. The Kier molecular flexibility index (Phi) is 6.01. The molecule has 1 amide bonds. The highest BCUT2D eigenvalue weighted by atomic mass is 19.3. The fraction of sp³-hybridized carbons (Fsp3) is 0.263. The van der Waals surface area contributed by atoms with Gasteiger partial charge in [-0.25, -0.2) is 13.2 Å². The Morgan fingerprint density at radius 2 is 1.87 bits per heavy atom. The number of benzene rings is 1. The van der Waals surface area contributed by atoms with Crippen LogP contribution in [0.3, 0.4) is 0 Å². The SMILES string of the molecule is Cc1ccc(-c2cc(C(=O)NC(F)[C@@H](O)C(F)F)c(=O)n(-c3cnn(C)c3)n2)cc1. The maximum Gasteiger partial charge on any atom is 0.284 e. The van der Waals surface area contributed by atoms with Crippen molar-refractivity contribution in [1.82, 2.24) is 24.9 Å². The number of aliphatic hydroxyl groups excluding tert-OH is 1. The molecule has 2 atom stereocenters. The van der Waals surface area contributed by atoms with E-state index < -0.39 is 35.9 Å². The molecule has 0 aliphatic carbocycles. The molecule has 0 radical (unpaired) electrons. The minimum absolute atomic E-state index is 0.216. The molecule has 0 fully saturated rings. The van der Waals surface area contributed by atoms with Gasteiger partial charge in [-0.2, -0.15) is 14.9 Å². The molecule has 3 aromatic rings. The first-order chi connectivity index (χ1) is 14.2. The van der Waals surface area contributed by atoms with Crippen LogP contribution in [0.15, 0.2) is 47.5 Å². The monoisotopic (exact) mass is 421 g/mol. The Balaban J connectivity index is 2.09. The Bertz CT molecular complexity index is 1110. The predicted molar refractivity (Wildman–Crippen MR) is 101 cm³/mol. The normalized spacial score (nSPS) is 13.3. The molecule has 3 rings (SSSR count). The molecule has 1 aromatic carbocycles. The molecule has 0 saturated heterocycles. The Hall–Kier alpha value is -3.47. The molecule has 2 N–H and O–H groups in total. The van der Waals surface area contributed by atoms with Crippen molar-refractivity contribution in [3.63, 3.8) is 0 Å². The van der Waals surface area contributed by atoms with Crippen LogP contribution in [-0.2, 0) is 7.05 Å². The van der Waals surface area contributed by atoms with Gasteiger partial charge in [0.05, 0.1) is 18.1 Å². The zero-order chi connectivity index (χ0) is 22.0. The predicted octanol–water partition coefficient (Wildman–Crippen LogP) is 1.59. The number of carbonyl (C=O) groups is 1. The topological polar surface area (TPSA) is 102 Å². The van der Waals surface area contributed by atoms with Crippen LogP contribution in [0.25, 0.3) is 16.9 Å². The van der Waals surface area contributed by atoms with Gasteiger partial charge >= 0.3 is 0 Å². The zero-order valence-corrected chi connectivity index (χ0v) is 16.0. The van der Waals surface area contributed by atoms with Crippen molar-refractivity contribution in [3.8, 4) is 16.9 Å². The molecule has 0 bridgehead atoms. The zero-order valence-electron chi connectivity index (χ0n) is 16.0. The van der Waals surface area contributed by atoms with E-state index in [0.717, 1.165) is 16.3 Å². The number of amides is 1. The van der Waals surface area contributed by atoms with E-state index in [0.29, 0.717) is 5.56 Å². The van der Waals surface area contributed by atoms with Crippen LogP contribution < -0.4 is 10.9 Å². The molecule has 2 aromatic heterocycles. The van der Waals surface area contributed by atoms with Crippen LogP contribution in [0, 0.1) is 6.92 Å². The molecule has 2 heterocycles. The molecule has 11 heteroatoms. The standard InChI is InChI=1S/C19H18F3N5O3/c1-10-3-5-11(6-4-10)14-7-13(18(29)24-17(22)15(28)16(20)21)19(30)27(25-14)12-8-23-26(2)9-12/h3-9,15-17,28H,1-2H3,(H,24,29)/t15-,17?/m0/s1. The highest BCUT2D eigenvalue weighted by Crippen LogP contribution is 2.19. The van der Waals surface area contributed by atoms with Crippen LogP contribution in [-0.4, -0.2) is 49.4 Å². The van der Waals surface area contributed by atoms with Gasteiger partial charge in [0.25, 0.3) is 17.9 Å². The lowest BCUT2D eigenvalue weighted by atomic mass is 10.1. The quantitative estimate of drug-likeness (QED) is 0.589. The molecular formula is C19H18F3N5O3. The number of aromatic nitrogens is 4. The lowest BCUT2D eigenvalue weighted by Crippen LogP contribution is -2.45. The number of carbonyl (C=O) groups excluding carboxylic acids is 1. The third-order valence-corrected chi connectivity index (χ3v) is 4.27. The van der Waals surface area contributed by atoms with E-state index >= 15 is 0 Å². The molecule has 0 saturated carbocycles. The number of aryl methyl sites for hydroxylation is 2. The highest BCUT2D eigenvalue weighted by molar-refractivity contribution is 5.95. The van der Waals surface area contributed by atoms with E-state index in [1.165, 1.54) is 17.1 Å². The number of hydrogen-bond donors (Lipinski definition) is 2.